The van der Waals surface area contributed by atoms with Gasteiger partial charge in [0.15, 0.2) is 6.10 Å². The number of pyridine rings is 1. The maximum atomic E-state index is 14.6. The maximum absolute atomic E-state index is 14.6. The summed E-state index contributed by atoms with van der Waals surface area (Å²) in [5.74, 6) is -11.4. The zero-order valence-electron chi connectivity index (χ0n) is 31.5. The van der Waals surface area contributed by atoms with Crippen LogP contribution in [0.4, 0.5) is 22.4 Å². The Bertz CT molecular complexity index is 2180. The van der Waals surface area contributed by atoms with E-state index < -0.39 is 92.1 Å². The lowest BCUT2D eigenvalue weighted by atomic mass is 9.85. The first-order valence-corrected chi connectivity index (χ1v) is 20.9. The van der Waals surface area contributed by atoms with Gasteiger partial charge in [-0.3, -0.25) is 19.1 Å². The summed E-state index contributed by atoms with van der Waals surface area (Å²) in [4.78, 5) is 62.0. The van der Waals surface area contributed by atoms with Crippen molar-refractivity contribution in [1.29, 1.82) is 0 Å². The molecule has 2 aromatic rings. The Morgan fingerprint density at radius 2 is 1.79 bits per heavy atom. The van der Waals surface area contributed by atoms with Gasteiger partial charge >= 0.3 is 17.9 Å². The molecule has 4 fully saturated rings. The summed E-state index contributed by atoms with van der Waals surface area (Å²) in [7, 11) is -4.07. The van der Waals surface area contributed by atoms with Gasteiger partial charge in [0.1, 0.15) is 29.0 Å². The van der Waals surface area contributed by atoms with Crippen molar-refractivity contribution in [3.05, 3.63) is 47.7 Å². The summed E-state index contributed by atoms with van der Waals surface area (Å²) in [6, 6.07) is 4.89. The molecule has 6 aliphatic rings. The number of alkyl halides is 4. The second kappa shape index (κ2) is 13.5. The number of alkyl carbamates (subject to hydrolysis) is 1. The molecule has 6 atom stereocenters. The lowest BCUT2D eigenvalue weighted by Gasteiger charge is -2.42. The Labute approximate surface area is 326 Å². The van der Waals surface area contributed by atoms with Crippen molar-refractivity contribution >= 4 is 44.7 Å². The molecule has 3 aliphatic carbocycles. The standard InChI is InChI=1S/C39H45F4N5O8S/c1-22-30-25(24-11-8-9-12-26(24)44-22)14-15-36(56-30)19-28-31(49)46-37(33(51)47-57(53,54)35(2)16-17-35)18-23(37)10-6-4-3-5-7-13-27(32(50)48(28)21-36)45-34(52)55-29-20-38(40,41)39(29,42)43/h6,8-12,23,27-29H,3-5,7,13-21H2,1-2H3,(H,45,52)(H,46,49)(H,47,51)/b10-6-/t23?,27-,28-,29?,36+,37+/m0/s1. The molecule has 2 unspecified atom stereocenters. The number of carbonyl (C=O) groups excluding carboxylic acids is 4. The number of hydrogen-bond donors (Lipinski definition) is 3. The third-order valence-electron chi connectivity index (χ3n) is 12.8. The minimum Gasteiger partial charge on any atom is -0.483 e. The van der Waals surface area contributed by atoms with E-state index in [1.54, 1.807) is 13.0 Å². The van der Waals surface area contributed by atoms with E-state index in [0.717, 1.165) is 16.5 Å². The summed E-state index contributed by atoms with van der Waals surface area (Å²) in [6.07, 6.45) is 2.19. The van der Waals surface area contributed by atoms with Crippen LogP contribution in [0.1, 0.15) is 88.8 Å². The zero-order valence-corrected chi connectivity index (χ0v) is 32.4. The number of hydrogen-bond acceptors (Lipinski definition) is 9. The Balaban J connectivity index is 1.11. The van der Waals surface area contributed by atoms with Crippen LogP contribution in [0.3, 0.4) is 0 Å². The maximum Gasteiger partial charge on any atom is 0.408 e. The first kappa shape index (κ1) is 39.4. The highest BCUT2D eigenvalue weighted by atomic mass is 32.2. The molecular weight excluding hydrogens is 775 g/mol. The lowest BCUT2D eigenvalue weighted by molar-refractivity contribution is -0.329. The summed E-state index contributed by atoms with van der Waals surface area (Å²) >= 11 is 0. The number of allylic oxidation sites excluding steroid dienone is 1. The number of aromatic nitrogens is 1. The monoisotopic (exact) mass is 819 g/mol. The van der Waals surface area contributed by atoms with Crippen molar-refractivity contribution < 1.29 is 54.6 Å². The van der Waals surface area contributed by atoms with Crippen LogP contribution >= 0.6 is 0 Å². The van der Waals surface area contributed by atoms with Crippen LogP contribution in [-0.4, -0.2) is 94.6 Å². The third-order valence-corrected chi connectivity index (χ3v) is 14.9. The van der Waals surface area contributed by atoms with E-state index in [1.807, 2.05) is 30.3 Å². The predicted molar refractivity (Wildman–Crippen MR) is 196 cm³/mol. The highest BCUT2D eigenvalue weighted by molar-refractivity contribution is 7.91. The fourth-order valence-electron chi connectivity index (χ4n) is 8.67. The van der Waals surface area contributed by atoms with Crippen molar-refractivity contribution in [2.45, 2.75) is 137 Å². The van der Waals surface area contributed by atoms with Crippen molar-refractivity contribution in [2.75, 3.05) is 6.54 Å². The van der Waals surface area contributed by atoms with Crippen LogP contribution < -0.4 is 20.1 Å². The molecular formula is C39H45F4N5O8S. The van der Waals surface area contributed by atoms with Gasteiger partial charge in [-0.2, -0.15) is 17.6 Å². The summed E-state index contributed by atoms with van der Waals surface area (Å²) in [5.41, 5.74) is -0.484. The Morgan fingerprint density at radius 1 is 1.04 bits per heavy atom. The van der Waals surface area contributed by atoms with E-state index >= 15 is 0 Å². The third kappa shape index (κ3) is 6.78. The molecule has 308 valence electrons. The van der Waals surface area contributed by atoms with E-state index in [9.17, 15) is 45.2 Å². The fraction of sp³-hybridized carbons (Fsp3) is 0.615. The molecule has 4 heterocycles. The van der Waals surface area contributed by atoms with E-state index in [0.29, 0.717) is 62.8 Å². The van der Waals surface area contributed by atoms with Gasteiger partial charge in [0.2, 0.25) is 21.8 Å². The van der Waals surface area contributed by atoms with E-state index in [-0.39, 0.29) is 25.8 Å². The van der Waals surface area contributed by atoms with Gasteiger partial charge in [-0.25, -0.2) is 18.2 Å². The molecule has 3 aliphatic heterocycles. The number of sulfonamides is 1. The number of rotatable bonds is 5. The van der Waals surface area contributed by atoms with Gasteiger partial charge in [-0.05, 0) is 71.3 Å². The summed E-state index contributed by atoms with van der Waals surface area (Å²) in [6.45, 7) is 3.18. The van der Waals surface area contributed by atoms with Crippen LogP contribution in [0.5, 0.6) is 5.75 Å². The number of para-hydroxylation sites is 1. The molecule has 0 radical (unpaired) electrons. The molecule has 8 rings (SSSR count). The highest BCUT2D eigenvalue weighted by Gasteiger charge is 2.74. The smallest absolute Gasteiger partial charge is 0.408 e. The lowest BCUT2D eigenvalue weighted by Crippen LogP contribution is -2.64. The molecule has 4 amide bonds. The Kier molecular flexibility index (Phi) is 9.35. The van der Waals surface area contributed by atoms with Crippen LogP contribution in [0.25, 0.3) is 10.9 Å². The van der Waals surface area contributed by atoms with E-state index in [2.05, 4.69) is 15.4 Å². The van der Waals surface area contributed by atoms with Crippen LogP contribution in [0.15, 0.2) is 36.4 Å². The first-order chi connectivity index (χ1) is 26.8. The molecule has 3 saturated carbocycles. The summed E-state index contributed by atoms with van der Waals surface area (Å²) < 4.78 is 94.1. The van der Waals surface area contributed by atoms with E-state index in [4.69, 9.17) is 14.5 Å². The Morgan fingerprint density at radius 3 is 2.51 bits per heavy atom. The molecule has 18 heteroatoms. The van der Waals surface area contributed by atoms with Crippen molar-refractivity contribution in [1.82, 2.24) is 25.2 Å². The van der Waals surface area contributed by atoms with Crippen LogP contribution in [0.2, 0.25) is 0 Å². The molecule has 1 aromatic carbocycles. The molecule has 1 aromatic heterocycles. The number of carbonyl (C=O) groups is 4. The molecule has 57 heavy (non-hydrogen) atoms. The number of halogens is 4. The van der Waals surface area contributed by atoms with Gasteiger partial charge in [-0.15, -0.1) is 0 Å². The fourth-order valence-corrected chi connectivity index (χ4v) is 9.98. The molecule has 3 N–H and O–H groups in total. The second-order valence-electron chi connectivity index (χ2n) is 16.8. The SMILES string of the molecule is Cc1nc2ccccc2c2c1O[C@]1(CC2)C[C@H]2C(=O)N[C@]3(C(=O)NS(=O)(=O)C4(C)CC4)CC3/C=C\CCCCC[C@H](NC(=O)OC3CC(F)(F)C3(F)F)C(=O)N2C1. The van der Waals surface area contributed by atoms with Crippen molar-refractivity contribution in [2.24, 2.45) is 5.92 Å². The normalized spacial score (nSPS) is 33.1. The minimum absolute atomic E-state index is 0.0109. The van der Waals surface area contributed by atoms with Crippen LogP contribution in [-0.2, 0) is 35.6 Å². The number of aryl methyl sites for hydroxylation is 2. The van der Waals surface area contributed by atoms with Gasteiger partial charge in [0, 0.05) is 23.3 Å². The van der Waals surface area contributed by atoms with Crippen LogP contribution in [0, 0.1) is 12.8 Å². The molecule has 1 spiro atoms. The number of ether oxygens (including phenoxy) is 2. The summed E-state index contributed by atoms with van der Waals surface area (Å²) in [5, 5.41) is 6.03. The zero-order chi connectivity index (χ0) is 40.8. The molecule has 0 bridgehead atoms. The number of benzene rings is 1. The second-order valence-corrected chi connectivity index (χ2v) is 19.0. The van der Waals surface area contributed by atoms with Gasteiger partial charge in [-0.1, -0.05) is 43.2 Å². The minimum atomic E-state index is -4.58. The Hall–Kier alpha value is -4.48. The average Bonchev–Trinajstić information content (AvgIpc) is 4.05. The topological polar surface area (TPSA) is 173 Å². The van der Waals surface area contributed by atoms with E-state index in [1.165, 1.54) is 11.8 Å². The van der Waals surface area contributed by atoms with Crippen molar-refractivity contribution in [3.63, 3.8) is 0 Å². The predicted octanol–water partition coefficient (Wildman–Crippen LogP) is 4.74. The molecule has 13 nitrogen and oxygen atoms in total. The van der Waals surface area contributed by atoms with Crippen molar-refractivity contribution in [3.8, 4) is 5.75 Å². The molecule has 1 saturated heterocycles. The van der Waals surface area contributed by atoms with Gasteiger partial charge < -0.3 is 25.0 Å². The number of fused-ring (bicyclic) bond motifs is 5. The van der Waals surface area contributed by atoms with Gasteiger partial charge in [0.05, 0.1) is 28.9 Å². The number of nitrogens with one attached hydrogen (secondary N) is 3. The number of amides is 4. The number of nitrogens with zero attached hydrogens (tertiary/aromatic N) is 2. The highest BCUT2D eigenvalue weighted by Crippen LogP contribution is 2.53. The quantitative estimate of drug-likeness (QED) is 0.285. The van der Waals surface area contributed by atoms with Gasteiger partial charge in [0.25, 0.3) is 5.91 Å². The average molecular weight is 820 g/mol. The largest absolute Gasteiger partial charge is 0.483 e. The first-order valence-electron chi connectivity index (χ1n) is 19.5.